The van der Waals surface area contributed by atoms with Crippen LogP contribution in [-0.4, -0.2) is 17.9 Å². The number of rotatable bonds is 4. The van der Waals surface area contributed by atoms with Gasteiger partial charge in [0.15, 0.2) is 0 Å². The molecule has 98 valence electrons. The summed E-state index contributed by atoms with van der Waals surface area (Å²) in [7, 11) is 0. The summed E-state index contributed by atoms with van der Waals surface area (Å²) < 4.78 is 26.5. The highest BCUT2D eigenvalue weighted by atomic mass is 19.1. The Labute approximate surface area is 102 Å². The van der Waals surface area contributed by atoms with Gasteiger partial charge in [-0.25, -0.2) is 8.78 Å². The summed E-state index contributed by atoms with van der Waals surface area (Å²) in [6.45, 7) is 1.68. The molecule has 0 aliphatic carbocycles. The van der Waals surface area contributed by atoms with E-state index in [-0.39, 0.29) is 5.69 Å². The number of halogens is 2. The van der Waals surface area contributed by atoms with E-state index in [0.29, 0.717) is 12.5 Å². The van der Waals surface area contributed by atoms with Crippen LogP contribution in [0.4, 0.5) is 14.5 Å². The van der Waals surface area contributed by atoms with Crippen LogP contribution < -0.4 is 16.8 Å². The van der Waals surface area contributed by atoms with Crippen molar-refractivity contribution in [2.45, 2.75) is 19.4 Å². The summed E-state index contributed by atoms with van der Waals surface area (Å²) in [6.07, 6.45) is 0.358. The maximum atomic E-state index is 13.4. The molecular weight excluding hydrogens is 244 g/mol. The Morgan fingerprint density at radius 3 is 2.44 bits per heavy atom. The number of anilines is 1. The third kappa shape index (κ3) is 3.01. The third-order valence-electron chi connectivity index (χ3n) is 2.36. The SMILES string of the molecule is CC[C@@H](N)C(=O)Nc1cc(C(N)=O)c(F)cc1F. The Bertz CT molecular complexity index is 491. The van der Waals surface area contributed by atoms with E-state index in [9.17, 15) is 18.4 Å². The minimum Gasteiger partial charge on any atom is -0.366 e. The minimum atomic E-state index is -1.09. The van der Waals surface area contributed by atoms with E-state index in [1.165, 1.54) is 0 Å². The van der Waals surface area contributed by atoms with Crippen molar-refractivity contribution < 1.29 is 18.4 Å². The highest BCUT2D eigenvalue weighted by Gasteiger charge is 2.17. The van der Waals surface area contributed by atoms with E-state index in [2.05, 4.69) is 5.32 Å². The maximum Gasteiger partial charge on any atom is 0.251 e. The first kappa shape index (κ1) is 14.0. The van der Waals surface area contributed by atoms with Crippen molar-refractivity contribution in [3.63, 3.8) is 0 Å². The third-order valence-corrected chi connectivity index (χ3v) is 2.36. The van der Waals surface area contributed by atoms with Crippen molar-refractivity contribution in [1.29, 1.82) is 0 Å². The first-order valence-electron chi connectivity index (χ1n) is 5.22. The van der Waals surface area contributed by atoms with Gasteiger partial charge in [0.05, 0.1) is 17.3 Å². The van der Waals surface area contributed by atoms with E-state index < -0.39 is 35.1 Å². The average Bonchev–Trinajstić information content (AvgIpc) is 2.30. The van der Waals surface area contributed by atoms with Gasteiger partial charge in [0, 0.05) is 6.07 Å². The smallest absolute Gasteiger partial charge is 0.251 e. The summed E-state index contributed by atoms with van der Waals surface area (Å²) in [4.78, 5) is 22.3. The number of hydrogen-bond acceptors (Lipinski definition) is 3. The molecule has 1 rings (SSSR count). The highest BCUT2D eigenvalue weighted by molar-refractivity contribution is 5.98. The fraction of sp³-hybridized carbons (Fsp3) is 0.273. The lowest BCUT2D eigenvalue weighted by molar-refractivity contribution is -0.117. The van der Waals surface area contributed by atoms with Gasteiger partial charge in [-0.15, -0.1) is 0 Å². The summed E-state index contributed by atoms with van der Waals surface area (Å²) in [5.74, 6) is -3.77. The molecule has 7 heteroatoms. The van der Waals surface area contributed by atoms with Gasteiger partial charge >= 0.3 is 0 Å². The van der Waals surface area contributed by atoms with Gasteiger partial charge in [-0.05, 0) is 12.5 Å². The summed E-state index contributed by atoms with van der Waals surface area (Å²) in [5, 5.41) is 2.17. The van der Waals surface area contributed by atoms with Crippen molar-refractivity contribution >= 4 is 17.5 Å². The van der Waals surface area contributed by atoms with Crippen molar-refractivity contribution in [1.82, 2.24) is 0 Å². The Kier molecular flexibility index (Phi) is 4.33. The van der Waals surface area contributed by atoms with Crippen LogP contribution in [0.5, 0.6) is 0 Å². The molecule has 5 N–H and O–H groups in total. The molecule has 0 spiro atoms. The Balaban J connectivity index is 3.06. The topological polar surface area (TPSA) is 98.2 Å². The predicted octanol–water partition coefficient (Wildman–Crippen LogP) is 0.739. The van der Waals surface area contributed by atoms with Crippen LogP contribution in [0.1, 0.15) is 23.7 Å². The molecule has 0 saturated carbocycles. The van der Waals surface area contributed by atoms with Crippen LogP contribution in [0.3, 0.4) is 0 Å². The second kappa shape index (κ2) is 5.54. The van der Waals surface area contributed by atoms with Crippen LogP contribution in [-0.2, 0) is 4.79 Å². The maximum absolute atomic E-state index is 13.4. The molecule has 18 heavy (non-hydrogen) atoms. The predicted molar refractivity (Wildman–Crippen MR) is 61.8 cm³/mol. The van der Waals surface area contributed by atoms with Gasteiger partial charge in [-0.1, -0.05) is 6.92 Å². The largest absolute Gasteiger partial charge is 0.366 e. The summed E-state index contributed by atoms with van der Waals surface area (Å²) in [6, 6.07) is 0.506. The molecule has 0 aliphatic heterocycles. The van der Waals surface area contributed by atoms with Gasteiger partial charge in [0.2, 0.25) is 5.91 Å². The molecule has 0 bridgehead atoms. The molecule has 0 aliphatic rings. The van der Waals surface area contributed by atoms with Crippen LogP contribution in [0.2, 0.25) is 0 Å². The number of carbonyl (C=O) groups is 2. The number of amides is 2. The molecule has 1 aromatic carbocycles. The van der Waals surface area contributed by atoms with E-state index in [1.54, 1.807) is 6.92 Å². The standard InChI is InChI=1S/C11H13F2N3O2/c1-2-8(14)11(18)16-9-3-5(10(15)17)6(12)4-7(9)13/h3-4,8H,2,14H2,1H3,(H2,15,17)(H,16,18)/t8-/m1/s1. The zero-order valence-corrected chi connectivity index (χ0v) is 9.67. The second-order valence-electron chi connectivity index (χ2n) is 3.68. The monoisotopic (exact) mass is 257 g/mol. The zero-order valence-electron chi connectivity index (χ0n) is 9.67. The van der Waals surface area contributed by atoms with E-state index in [1.807, 2.05) is 0 Å². The molecule has 5 nitrogen and oxygen atoms in total. The Morgan fingerprint density at radius 1 is 1.33 bits per heavy atom. The van der Waals surface area contributed by atoms with Crippen molar-refractivity contribution in [3.8, 4) is 0 Å². The molecule has 0 unspecified atom stereocenters. The number of benzene rings is 1. The lowest BCUT2D eigenvalue weighted by atomic mass is 10.1. The van der Waals surface area contributed by atoms with Crippen LogP contribution >= 0.6 is 0 Å². The Hall–Kier alpha value is -2.02. The van der Waals surface area contributed by atoms with E-state index in [4.69, 9.17) is 11.5 Å². The zero-order chi connectivity index (χ0) is 13.9. The molecule has 0 aromatic heterocycles. The first-order valence-corrected chi connectivity index (χ1v) is 5.22. The lowest BCUT2D eigenvalue weighted by Crippen LogP contribution is -2.35. The molecule has 1 aromatic rings. The molecule has 0 saturated heterocycles. The van der Waals surface area contributed by atoms with Gasteiger partial charge in [-0.2, -0.15) is 0 Å². The molecule has 0 fully saturated rings. The van der Waals surface area contributed by atoms with Gasteiger partial charge in [0.25, 0.3) is 5.91 Å². The number of nitrogens with one attached hydrogen (secondary N) is 1. The fourth-order valence-electron chi connectivity index (χ4n) is 1.24. The van der Waals surface area contributed by atoms with E-state index in [0.717, 1.165) is 6.07 Å². The summed E-state index contributed by atoms with van der Waals surface area (Å²) >= 11 is 0. The molecular formula is C11H13F2N3O2. The minimum absolute atomic E-state index is 0.334. The van der Waals surface area contributed by atoms with Gasteiger partial charge in [0.1, 0.15) is 11.6 Å². The number of primary amides is 1. The molecule has 2 amide bonds. The van der Waals surface area contributed by atoms with Gasteiger partial charge < -0.3 is 16.8 Å². The lowest BCUT2D eigenvalue weighted by Gasteiger charge is -2.11. The first-order chi connectivity index (χ1) is 8.36. The van der Waals surface area contributed by atoms with Crippen molar-refractivity contribution in [3.05, 3.63) is 29.3 Å². The quantitative estimate of drug-likeness (QED) is 0.741. The van der Waals surface area contributed by atoms with Crippen LogP contribution in [0.25, 0.3) is 0 Å². The van der Waals surface area contributed by atoms with Crippen molar-refractivity contribution in [2.24, 2.45) is 11.5 Å². The van der Waals surface area contributed by atoms with Crippen molar-refractivity contribution in [2.75, 3.05) is 5.32 Å². The molecule has 1 atom stereocenters. The van der Waals surface area contributed by atoms with Crippen LogP contribution in [0.15, 0.2) is 12.1 Å². The highest BCUT2D eigenvalue weighted by Crippen LogP contribution is 2.19. The number of hydrogen-bond donors (Lipinski definition) is 3. The second-order valence-corrected chi connectivity index (χ2v) is 3.68. The number of carbonyl (C=O) groups excluding carboxylic acids is 2. The summed E-state index contributed by atoms with van der Waals surface area (Å²) in [5.41, 5.74) is 9.52. The molecule has 0 radical (unpaired) electrons. The van der Waals surface area contributed by atoms with Gasteiger partial charge in [-0.3, -0.25) is 9.59 Å². The average molecular weight is 257 g/mol. The number of nitrogens with two attached hydrogens (primary N) is 2. The molecule has 0 heterocycles. The fourth-order valence-corrected chi connectivity index (χ4v) is 1.24. The van der Waals surface area contributed by atoms with Crippen LogP contribution in [0, 0.1) is 11.6 Å². The van der Waals surface area contributed by atoms with E-state index >= 15 is 0 Å². The normalized spacial score (nSPS) is 12.0. The Morgan fingerprint density at radius 2 is 1.94 bits per heavy atom.